The Kier molecular flexibility index (Phi) is 3.18. The lowest BCUT2D eigenvalue weighted by atomic mass is 10.1. The van der Waals surface area contributed by atoms with Crippen LogP contribution in [-0.2, 0) is 13.5 Å². The van der Waals surface area contributed by atoms with Gasteiger partial charge in [0.1, 0.15) is 5.75 Å². The van der Waals surface area contributed by atoms with E-state index in [-0.39, 0.29) is 0 Å². The molecule has 1 heterocycles. The topological polar surface area (TPSA) is 27.1 Å². The lowest BCUT2D eigenvalue weighted by Gasteiger charge is -2.02. The van der Waals surface area contributed by atoms with Gasteiger partial charge >= 0.3 is 0 Å². The van der Waals surface area contributed by atoms with E-state index in [1.165, 1.54) is 11.3 Å². The van der Waals surface area contributed by atoms with Crippen LogP contribution >= 0.6 is 0 Å². The second-order valence-electron chi connectivity index (χ2n) is 4.13. The molecule has 3 heteroatoms. The number of hydrogen-bond donors (Lipinski definition) is 0. The monoisotopic (exact) mass is 230 g/mol. The van der Waals surface area contributed by atoms with Gasteiger partial charge in [0.25, 0.3) is 0 Å². The summed E-state index contributed by atoms with van der Waals surface area (Å²) in [4.78, 5) is 0. The van der Waals surface area contributed by atoms with Crippen molar-refractivity contribution in [3.8, 4) is 17.0 Å². The van der Waals surface area contributed by atoms with Crippen molar-refractivity contribution in [1.82, 2.24) is 9.78 Å². The molecule has 0 atom stereocenters. The molecule has 0 fully saturated rings. The van der Waals surface area contributed by atoms with Crippen molar-refractivity contribution in [2.24, 2.45) is 7.05 Å². The molecule has 0 spiro atoms. The molecule has 2 rings (SSSR count). The van der Waals surface area contributed by atoms with Crippen LogP contribution in [0.4, 0.5) is 0 Å². The van der Waals surface area contributed by atoms with Crippen molar-refractivity contribution in [2.75, 3.05) is 7.11 Å². The lowest BCUT2D eigenvalue weighted by Crippen LogP contribution is -1.96. The third-order valence-corrected chi connectivity index (χ3v) is 3.13. The highest BCUT2D eigenvalue weighted by Gasteiger charge is 2.12. The predicted molar refractivity (Wildman–Crippen MR) is 69.3 cm³/mol. The maximum Gasteiger partial charge on any atom is 0.118 e. The minimum Gasteiger partial charge on any atom is -0.497 e. The van der Waals surface area contributed by atoms with Gasteiger partial charge in [-0.2, -0.15) is 5.10 Å². The average Bonchev–Trinajstić information content (AvgIpc) is 2.64. The molecule has 0 unspecified atom stereocenters. The zero-order valence-electron chi connectivity index (χ0n) is 10.8. The second-order valence-corrected chi connectivity index (χ2v) is 4.13. The number of methoxy groups -OCH3 is 1. The van der Waals surface area contributed by atoms with E-state index < -0.39 is 0 Å². The Balaban J connectivity index is 2.45. The SMILES string of the molecule is CCc1c(C)c(-c2ccc(OC)cc2)nn1C. The number of hydrogen-bond acceptors (Lipinski definition) is 2. The maximum absolute atomic E-state index is 5.16. The zero-order chi connectivity index (χ0) is 12.4. The van der Waals surface area contributed by atoms with E-state index in [9.17, 15) is 0 Å². The normalized spacial score (nSPS) is 10.6. The smallest absolute Gasteiger partial charge is 0.118 e. The van der Waals surface area contributed by atoms with Crippen molar-refractivity contribution in [1.29, 1.82) is 0 Å². The van der Waals surface area contributed by atoms with Crippen LogP contribution in [0.5, 0.6) is 5.75 Å². The molecule has 1 aromatic heterocycles. The fourth-order valence-corrected chi connectivity index (χ4v) is 2.18. The minimum atomic E-state index is 0.873. The van der Waals surface area contributed by atoms with E-state index in [1.807, 2.05) is 36.0 Å². The first-order valence-corrected chi connectivity index (χ1v) is 5.84. The highest BCUT2D eigenvalue weighted by Crippen LogP contribution is 2.26. The van der Waals surface area contributed by atoms with Gasteiger partial charge in [-0.1, -0.05) is 6.92 Å². The molecule has 2 aromatic rings. The van der Waals surface area contributed by atoms with Crippen molar-refractivity contribution in [3.63, 3.8) is 0 Å². The van der Waals surface area contributed by atoms with Gasteiger partial charge in [-0.15, -0.1) is 0 Å². The largest absolute Gasteiger partial charge is 0.497 e. The molecule has 0 aliphatic carbocycles. The molecule has 90 valence electrons. The summed E-state index contributed by atoms with van der Waals surface area (Å²) in [6.07, 6.45) is 1.01. The molecule has 0 aliphatic heterocycles. The number of rotatable bonds is 3. The van der Waals surface area contributed by atoms with Gasteiger partial charge in [-0.05, 0) is 43.2 Å². The molecule has 3 nitrogen and oxygen atoms in total. The fraction of sp³-hybridized carbons (Fsp3) is 0.357. The van der Waals surface area contributed by atoms with Crippen LogP contribution in [0.3, 0.4) is 0 Å². The molecule has 1 aromatic carbocycles. The van der Waals surface area contributed by atoms with Crippen LogP contribution < -0.4 is 4.74 Å². The predicted octanol–water partition coefficient (Wildman–Crippen LogP) is 2.97. The fourth-order valence-electron chi connectivity index (χ4n) is 2.18. The molecule has 0 bridgehead atoms. The molecule has 0 saturated carbocycles. The summed E-state index contributed by atoms with van der Waals surface area (Å²) in [5, 5.41) is 4.58. The lowest BCUT2D eigenvalue weighted by molar-refractivity contribution is 0.415. The quantitative estimate of drug-likeness (QED) is 0.810. The van der Waals surface area contributed by atoms with E-state index in [0.717, 1.165) is 23.4 Å². The summed E-state index contributed by atoms with van der Waals surface area (Å²) in [7, 11) is 3.68. The molecule has 17 heavy (non-hydrogen) atoms. The third-order valence-electron chi connectivity index (χ3n) is 3.13. The second kappa shape index (κ2) is 4.62. The number of nitrogens with zero attached hydrogens (tertiary/aromatic N) is 2. The summed E-state index contributed by atoms with van der Waals surface area (Å²) in [5.41, 5.74) is 4.75. The third kappa shape index (κ3) is 2.05. The zero-order valence-corrected chi connectivity index (χ0v) is 10.8. The highest BCUT2D eigenvalue weighted by molar-refractivity contribution is 5.64. The molecule has 0 N–H and O–H groups in total. The standard InChI is InChI=1S/C14H18N2O/c1-5-13-10(2)14(15-16(13)3)11-6-8-12(17-4)9-7-11/h6-9H,5H2,1-4H3. The first kappa shape index (κ1) is 11.7. The molecular formula is C14H18N2O. The number of benzene rings is 1. The Hall–Kier alpha value is -1.77. The first-order chi connectivity index (χ1) is 8.17. The van der Waals surface area contributed by atoms with Gasteiger partial charge in [0.2, 0.25) is 0 Å². The summed E-state index contributed by atoms with van der Waals surface area (Å²) in [6.45, 7) is 4.28. The van der Waals surface area contributed by atoms with E-state index in [1.54, 1.807) is 7.11 Å². The van der Waals surface area contributed by atoms with Gasteiger partial charge in [0.05, 0.1) is 12.8 Å². The number of aromatic nitrogens is 2. The summed E-state index contributed by atoms with van der Waals surface area (Å²) in [5.74, 6) is 0.873. The van der Waals surface area contributed by atoms with Crippen LogP contribution in [0.25, 0.3) is 11.3 Å². The Bertz CT molecular complexity index is 512. The highest BCUT2D eigenvalue weighted by atomic mass is 16.5. The summed E-state index contributed by atoms with van der Waals surface area (Å²) in [6, 6.07) is 8.03. The van der Waals surface area contributed by atoms with Crippen LogP contribution in [0.1, 0.15) is 18.2 Å². The van der Waals surface area contributed by atoms with Gasteiger partial charge in [-0.3, -0.25) is 4.68 Å². The Morgan fingerprint density at radius 3 is 2.35 bits per heavy atom. The molecule has 0 radical (unpaired) electrons. The molecular weight excluding hydrogens is 212 g/mol. The van der Waals surface area contributed by atoms with Crippen LogP contribution in [0, 0.1) is 6.92 Å². The molecule has 0 amide bonds. The average molecular weight is 230 g/mol. The van der Waals surface area contributed by atoms with Gasteiger partial charge < -0.3 is 4.74 Å². The molecule has 0 aliphatic rings. The first-order valence-electron chi connectivity index (χ1n) is 5.84. The van der Waals surface area contributed by atoms with Crippen molar-refractivity contribution >= 4 is 0 Å². The van der Waals surface area contributed by atoms with E-state index in [0.29, 0.717) is 0 Å². The molecule has 0 saturated heterocycles. The van der Waals surface area contributed by atoms with Gasteiger partial charge in [0.15, 0.2) is 0 Å². The number of ether oxygens (including phenoxy) is 1. The van der Waals surface area contributed by atoms with E-state index in [4.69, 9.17) is 4.74 Å². The maximum atomic E-state index is 5.16. The number of aryl methyl sites for hydroxylation is 1. The van der Waals surface area contributed by atoms with Gasteiger partial charge in [-0.25, -0.2) is 0 Å². The van der Waals surface area contributed by atoms with Crippen molar-refractivity contribution in [2.45, 2.75) is 20.3 Å². The van der Waals surface area contributed by atoms with Crippen molar-refractivity contribution in [3.05, 3.63) is 35.5 Å². The van der Waals surface area contributed by atoms with Crippen LogP contribution in [0.15, 0.2) is 24.3 Å². The van der Waals surface area contributed by atoms with Crippen LogP contribution in [-0.4, -0.2) is 16.9 Å². The minimum absolute atomic E-state index is 0.873. The Labute approximate surface area is 102 Å². The van der Waals surface area contributed by atoms with Crippen LogP contribution in [0.2, 0.25) is 0 Å². The van der Waals surface area contributed by atoms with Crippen molar-refractivity contribution < 1.29 is 4.74 Å². The summed E-state index contributed by atoms with van der Waals surface area (Å²) >= 11 is 0. The summed E-state index contributed by atoms with van der Waals surface area (Å²) < 4.78 is 7.13. The Morgan fingerprint density at radius 2 is 1.88 bits per heavy atom. The van der Waals surface area contributed by atoms with E-state index in [2.05, 4.69) is 18.9 Å². The van der Waals surface area contributed by atoms with E-state index >= 15 is 0 Å². The Morgan fingerprint density at radius 1 is 1.24 bits per heavy atom. The van der Waals surface area contributed by atoms with Gasteiger partial charge in [0, 0.05) is 18.3 Å².